The topological polar surface area (TPSA) is 116 Å². The molecule has 0 unspecified atom stereocenters. The monoisotopic (exact) mass is 354 g/mol. The summed E-state index contributed by atoms with van der Waals surface area (Å²) in [5.41, 5.74) is 1.16. The highest BCUT2D eigenvalue weighted by atomic mass is 32.2. The number of esters is 1. The van der Waals surface area contributed by atoms with Gasteiger partial charge >= 0.3 is 5.97 Å². The Balaban J connectivity index is 1.90. The first-order chi connectivity index (χ1) is 10.8. The Morgan fingerprint density at radius 3 is 2.39 bits per heavy atom. The maximum Gasteiger partial charge on any atom is 0.349 e. The molecule has 0 aliphatic heterocycles. The van der Waals surface area contributed by atoms with Gasteiger partial charge in [-0.25, -0.2) is 18.4 Å². The van der Waals surface area contributed by atoms with E-state index >= 15 is 0 Å². The lowest BCUT2D eigenvalue weighted by Gasteiger charge is -2.07. The molecule has 0 fully saturated rings. The van der Waals surface area contributed by atoms with Gasteiger partial charge in [0.05, 0.1) is 4.90 Å². The number of rotatable bonds is 5. The van der Waals surface area contributed by atoms with Crippen molar-refractivity contribution in [2.45, 2.75) is 11.8 Å². The number of thiophene rings is 1. The molecule has 3 N–H and O–H groups in total. The minimum absolute atomic E-state index is 0.0601. The maximum absolute atomic E-state index is 11.8. The zero-order valence-electron chi connectivity index (χ0n) is 12.1. The van der Waals surface area contributed by atoms with Gasteiger partial charge in [-0.15, -0.1) is 11.3 Å². The van der Waals surface area contributed by atoms with Gasteiger partial charge in [0, 0.05) is 5.69 Å². The van der Waals surface area contributed by atoms with E-state index in [1.807, 2.05) is 0 Å². The summed E-state index contributed by atoms with van der Waals surface area (Å²) in [6.45, 7) is 1.34. The first-order valence-corrected chi connectivity index (χ1v) is 8.84. The number of sulfonamides is 1. The summed E-state index contributed by atoms with van der Waals surface area (Å²) < 4.78 is 27.2. The molecule has 0 aliphatic carbocycles. The first kappa shape index (κ1) is 17.1. The highest BCUT2D eigenvalue weighted by molar-refractivity contribution is 7.89. The lowest BCUT2D eigenvalue weighted by Crippen LogP contribution is -2.21. The molecule has 2 rings (SSSR count). The van der Waals surface area contributed by atoms with E-state index in [1.54, 1.807) is 18.4 Å². The van der Waals surface area contributed by atoms with Crippen molar-refractivity contribution in [2.75, 3.05) is 11.9 Å². The van der Waals surface area contributed by atoms with E-state index in [4.69, 9.17) is 9.88 Å². The van der Waals surface area contributed by atoms with Gasteiger partial charge < -0.3 is 10.1 Å². The number of hydrogen-bond acceptors (Lipinski definition) is 6. The third kappa shape index (κ3) is 4.62. The van der Waals surface area contributed by atoms with Crippen molar-refractivity contribution < 1.29 is 22.7 Å². The number of hydrogen-bond donors (Lipinski definition) is 2. The van der Waals surface area contributed by atoms with Crippen LogP contribution in [0.2, 0.25) is 0 Å². The zero-order valence-corrected chi connectivity index (χ0v) is 13.7. The molecule has 1 aromatic heterocycles. The molecule has 0 atom stereocenters. The lowest BCUT2D eigenvalue weighted by atomic mass is 10.3. The van der Waals surface area contributed by atoms with Gasteiger partial charge in [0.2, 0.25) is 10.0 Å². The first-order valence-electron chi connectivity index (χ1n) is 6.41. The standard InChI is InChI=1S/C14H14N2O5S2/c1-9-6-7-22-13(9)14(18)21-8-12(17)16-10-2-4-11(5-3-10)23(15,19)20/h2-7H,8H2,1H3,(H,16,17)(H2,15,19,20). The Morgan fingerprint density at radius 1 is 1.22 bits per heavy atom. The summed E-state index contributed by atoms with van der Waals surface area (Å²) in [6, 6.07) is 7.11. The number of ether oxygens (including phenoxy) is 1. The number of aryl methyl sites for hydroxylation is 1. The Labute approximate surface area is 137 Å². The van der Waals surface area contributed by atoms with Crippen LogP contribution >= 0.6 is 11.3 Å². The highest BCUT2D eigenvalue weighted by Crippen LogP contribution is 2.17. The van der Waals surface area contributed by atoms with Crippen LogP contribution in [-0.2, 0) is 19.6 Å². The molecule has 0 radical (unpaired) electrons. The highest BCUT2D eigenvalue weighted by Gasteiger charge is 2.14. The van der Waals surface area contributed by atoms with Crippen molar-refractivity contribution >= 4 is 38.9 Å². The number of amides is 1. The molecule has 0 saturated heterocycles. The van der Waals surface area contributed by atoms with E-state index in [1.165, 1.54) is 35.6 Å². The maximum atomic E-state index is 11.8. The van der Waals surface area contributed by atoms with Crippen molar-refractivity contribution in [2.24, 2.45) is 5.14 Å². The molecule has 23 heavy (non-hydrogen) atoms. The molecule has 0 aliphatic rings. The van der Waals surface area contributed by atoms with Gasteiger partial charge in [-0.3, -0.25) is 4.79 Å². The molecule has 0 saturated carbocycles. The van der Waals surface area contributed by atoms with Gasteiger partial charge in [0.15, 0.2) is 6.61 Å². The van der Waals surface area contributed by atoms with Crippen LogP contribution in [0.15, 0.2) is 40.6 Å². The summed E-state index contributed by atoms with van der Waals surface area (Å²) in [7, 11) is -3.78. The third-order valence-corrected chi connectivity index (χ3v) is 4.77. The number of nitrogens with two attached hydrogens (primary N) is 1. The van der Waals surface area contributed by atoms with Gasteiger partial charge in [-0.1, -0.05) is 0 Å². The lowest BCUT2D eigenvalue weighted by molar-refractivity contribution is -0.119. The van der Waals surface area contributed by atoms with Crippen LogP contribution in [0.1, 0.15) is 15.2 Å². The Bertz CT molecular complexity index is 825. The van der Waals surface area contributed by atoms with Crippen LogP contribution in [0.4, 0.5) is 5.69 Å². The Hall–Kier alpha value is -2.23. The van der Waals surface area contributed by atoms with Crippen molar-refractivity contribution in [3.63, 3.8) is 0 Å². The van der Waals surface area contributed by atoms with Crippen LogP contribution in [0.25, 0.3) is 0 Å². The predicted octanol–water partition coefficient (Wildman–Crippen LogP) is 1.50. The van der Waals surface area contributed by atoms with Crippen LogP contribution in [-0.4, -0.2) is 26.9 Å². The normalized spacial score (nSPS) is 11.0. The van der Waals surface area contributed by atoms with Gasteiger partial charge in [0.1, 0.15) is 4.88 Å². The molecule has 2 aromatic rings. The molecular formula is C14H14N2O5S2. The summed E-state index contributed by atoms with van der Waals surface area (Å²) >= 11 is 1.24. The van der Waals surface area contributed by atoms with Crippen molar-refractivity contribution in [1.29, 1.82) is 0 Å². The molecule has 122 valence electrons. The molecule has 1 amide bonds. The number of carbonyl (C=O) groups is 2. The number of primary sulfonamides is 1. The van der Waals surface area contributed by atoms with Gasteiger partial charge in [-0.2, -0.15) is 0 Å². The minimum Gasteiger partial charge on any atom is -0.451 e. The average molecular weight is 354 g/mol. The number of nitrogens with one attached hydrogen (secondary N) is 1. The Kier molecular flexibility index (Phi) is 5.14. The van der Waals surface area contributed by atoms with Crippen LogP contribution < -0.4 is 10.5 Å². The van der Waals surface area contributed by atoms with Gasteiger partial charge in [-0.05, 0) is 48.2 Å². The Morgan fingerprint density at radius 2 is 1.87 bits per heavy atom. The second-order valence-electron chi connectivity index (χ2n) is 4.63. The number of anilines is 1. The molecule has 0 bridgehead atoms. The molecule has 9 heteroatoms. The van der Waals surface area contributed by atoms with E-state index in [0.29, 0.717) is 10.6 Å². The second kappa shape index (κ2) is 6.90. The van der Waals surface area contributed by atoms with Crippen LogP contribution in [0, 0.1) is 6.92 Å². The van der Waals surface area contributed by atoms with Gasteiger partial charge in [0.25, 0.3) is 5.91 Å². The van der Waals surface area contributed by atoms with E-state index in [2.05, 4.69) is 5.32 Å². The zero-order chi connectivity index (χ0) is 17.0. The van der Waals surface area contributed by atoms with Crippen molar-refractivity contribution in [3.05, 3.63) is 46.2 Å². The largest absolute Gasteiger partial charge is 0.451 e. The quantitative estimate of drug-likeness (QED) is 0.790. The predicted molar refractivity (Wildman–Crippen MR) is 85.8 cm³/mol. The fourth-order valence-electron chi connectivity index (χ4n) is 1.70. The number of benzene rings is 1. The van der Waals surface area contributed by atoms with Crippen LogP contribution in [0.5, 0.6) is 0 Å². The SMILES string of the molecule is Cc1ccsc1C(=O)OCC(=O)Nc1ccc(S(N)(=O)=O)cc1. The van der Waals surface area contributed by atoms with Crippen molar-refractivity contribution in [3.8, 4) is 0 Å². The minimum atomic E-state index is -3.78. The summed E-state index contributed by atoms with van der Waals surface area (Å²) in [5.74, 6) is -1.09. The van der Waals surface area contributed by atoms with E-state index in [0.717, 1.165) is 5.56 Å². The average Bonchev–Trinajstić information content (AvgIpc) is 2.90. The molecular weight excluding hydrogens is 340 g/mol. The van der Waals surface area contributed by atoms with Crippen molar-refractivity contribution in [1.82, 2.24) is 0 Å². The fourth-order valence-corrected chi connectivity index (χ4v) is 3.04. The number of carbonyl (C=O) groups excluding carboxylic acids is 2. The molecule has 7 nitrogen and oxygen atoms in total. The van der Waals surface area contributed by atoms with E-state index in [9.17, 15) is 18.0 Å². The van der Waals surface area contributed by atoms with E-state index in [-0.39, 0.29) is 4.90 Å². The summed E-state index contributed by atoms with van der Waals surface area (Å²) in [4.78, 5) is 23.9. The van der Waals surface area contributed by atoms with Crippen LogP contribution in [0.3, 0.4) is 0 Å². The summed E-state index contributed by atoms with van der Waals surface area (Å²) in [5, 5.41) is 9.23. The molecule has 0 spiro atoms. The smallest absolute Gasteiger partial charge is 0.349 e. The third-order valence-electron chi connectivity index (χ3n) is 2.85. The summed E-state index contributed by atoms with van der Waals surface area (Å²) in [6.07, 6.45) is 0. The van der Waals surface area contributed by atoms with E-state index < -0.39 is 28.5 Å². The molecule has 1 aromatic carbocycles. The fraction of sp³-hybridized carbons (Fsp3) is 0.143. The molecule has 1 heterocycles. The second-order valence-corrected chi connectivity index (χ2v) is 7.10.